The molecule has 3 nitrogen and oxygen atoms in total. The van der Waals surface area contributed by atoms with Gasteiger partial charge >= 0.3 is 0 Å². The Hall–Kier alpha value is -1.19. The van der Waals surface area contributed by atoms with E-state index in [1.807, 2.05) is 42.3 Å². The van der Waals surface area contributed by atoms with Crippen molar-refractivity contribution < 1.29 is 9.90 Å². The van der Waals surface area contributed by atoms with E-state index in [4.69, 9.17) is 5.11 Å². The van der Waals surface area contributed by atoms with Gasteiger partial charge in [-0.05, 0) is 12.6 Å². The second-order valence-electron chi connectivity index (χ2n) is 3.66. The Balaban J connectivity index is 2.36. The summed E-state index contributed by atoms with van der Waals surface area (Å²) < 4.78 is 0. The number of ketones is 1. The van der Waals surface area contributed by atoms with Crippen molar-refractivity contribution in [3.05, 3.63) is 35.9 Å². The number of benzene rings is 1. The molecule has 1 N–H and O–H groups in total. The summed E-state index contributed by atoms with van der Waals surface area (Å²) in [6, 6.07) is 9.69. The molecule has 1 aromatic carbocycles. The van der Waals surface area contributed by atoms with E-state index in [9.17, 15) is 4.79 Å². The molecule has 0 saturated heterocycles. The standard InChI is InChI=1S/C12H17NO2/c1-13(7-8-14)10-12(15)9-11-5-3-2-4-6-11/h2-6,14H,7-10H2,1H3. The van der Waals surface area contributed by atoms with E-state index in [0.29, 0.717) is 19.5 Å². The molecule has 0 aromatic heterocycles. The molecule has 0 atom stereocenters. The van der Waals surface area contributed by atoms with Gasteiger partial charge in [0, 0.05) is 13.0 Å². The monoisotopic (exact) mass is 207 g/mol. The average Bonchev–Trinajstić information content (AvgIpc) is 2.19. The number of aliphatic hydroxyl groups excluding tert-OH is 1. The molecule has 0 unspecified atom stereocenters. The molecule has 0 radical (unpaired) electrons. The van der Waals surface area contributed by atoms with Gasteiger partial charge in [0.25, 0.3) is 0 Å². The second kappa shape index (κ2) is 6.32. The molecular formula is C12H17NO2. The quantitative estimate of drug-likeness (QED) is 0.747. The fraction of sp³-hybridized carbons (Fsp3) is 0.417. The SMILES string of the molecule is CN(CCO)CC(=O)Cc1ccccc1. The summed E-state index contributed by atoms with van der Waals surface area (Å²) in [6.07, 6.45) is 0.469. The molecule has 3 heteroatoms. The summed E-state index contributed by atoms with van der Waals surface area (Å²) >= 11 is 0. The van der Waals surface area contributed by atoms with Gasteiger partial charge in [-0.3, -0.25) is 9.69 Å². The minimum Gasteiger partial charge on any atom is -0.395 e. The number of rotatable bonds is 6. The van der Waals surface area contributed by atoms with Crippen LogP contribution in [0.4, 0.5) is 0 Å². The second-order valence-corrected chi connectivity index (χ2v) is 3.66. The van der Waals surface area contributed by atoms with Gasteiger partial charge in [-0.2, -0.15) is 0 Å². The normalized spacial score (nSPS) is 10.6. The zero-order valence-electron chi connectivity index (χ0n) is 9.02. The first-order chi connectivity index (χ1) is 7.22. The summed E-state index contributed by atoms with van der Waals surface area (Å²) in [5.41, 5.74) is 1.04. The van der Waals surface area contributed by atoms with Crippen LogP contribution >= 0.6 is 0 Å². The lowest BCUT2D eigenvalue weighted by Crippen LogP contribution is -2.29. The molecule has 0 aliphatic carbocycles. The third-order valence-corrected chi connectivity index (χ3v) is 2.17. The molecule has 1 rings (SSSR count). The Kier molecular flexibility index (Phi) is 5.01. The van der Waals surface area contributed by atoms with Crippen LogP contribution in [0.5, 0.6) is 0 Å². The Morgan fingerprint density at radius 2 is 2.00 bits per heavy atom. The van der Waals surface area contributed by atoms with Crippen LogP contribution < -0.4 is 0 Å². The van der Waals surface area contributed by atoms with Crippen LogP contribution in [0.3, 0.4) is 0 Å². The molecular weight excluding hydrogens is 190 g/mol. The van der Waals surface area contributed by atoms with E-state index in [2.05, 4.69) is 0 Å². The van der Waals surface area contributed by atoms with Crippen LogP contribution in [0.15, 0.2) is 30.3 Å². The lowest BCUT2D eigenvalue weighted by molar-refractivity contribution is -0.119. The molecule has 82 valence electrons. The van der Waals surface area contributed by atoms with Crippen molar-refractivity contribution in [1.29, 1.82) is 0 Å². The molecule has 0 saturated carbocycles. The largest absolute Gasteiger partial charge is 0.395 e. The van der Waals surface area contributed by atoms with Gasteiger partial charge in [0.2, 0.25) is 0 Å². The number of carbonyl (C=O) groups is 1. The molecule has 0 fully saturated rings. The molecule has 0 amide bonds. The molecule has 0 spiro atoms. The van der Waals surface area contributed by atoms with Gasteiger partial charge in [-0.15, -0.1) is 0 Å². The van der Waals surface area contributed by atoms with Crippen molar-refractivity contribution >= 4 is 5.78 Å². The van der Waals surface area contributed by atoms with Crippen molar-refractivity contribution in [2.24, 2.45) is 0 Å². The summed E-state index contributed by atoms with van der Waals surface area (Å²) in [5, 5.41) is 8.69. The smallest absolute Gasteiger partial charge is 0.151 e. The van der Waals surface area contributed by atoms with Gasteiger partial charge in [0.05, 0.1) is 13.2 Å². The summed E-state index contributed by atoms with van der Waals surface area (Å²) in [6.45, 7) is 1.03. The van der Waals surface area contributed by atoms with Gasteiger partial charge in [-0.1, -0.05) is 30.3 Å². The first kappa shape index (κ1) is 11.9. The third kappa shape index (κ3) is 4.72. The molecule has 0 aliphatic heterocycles. The molecule has 0 bridgehead atoms. The van der Waals surface area contributed by atoms with Crippen LogP contribution in [0.2, 0.25) is 0 Å². The minimum atomic E-state index is 0.0924. The van der Waals surface area contributed by atoms with Crippen molar-refractivity contribution in [2.75, 3.05) is 26.7 Å². The third-order valence-electron chi connectivity index (χ3n) is 2.17. The number of carbonyl (C=O) groups excluding carboxylic acids is 1. The maximum Gasteiger partial charge on any atom is 0.151 e. The summed E-state index contributed by atoms with van der Waals surface area (Å²) in [4.78, 5) is 13.4. The fourth-order valence-corrected chi connectivity index (χ4v) is 1.43. The maximum absolute atomic E-state index is 11.6. The minimum absolute atomic E-state index is 0.0924. The summed E-state index contributed by atoms with van der Waals surface area (Å²) in [7, 11) is 1.83. The fourth-order valence-electron chi connectivity index (χ4n) is 1.43. The number of likely N-dealkylation sites (N-methyl/N-ethyl adjacent to an activating group) is 1. The number of hydrogen-bond acceptors (Lipinski definition) is 3. The highest BCUT2D eigenvalue weighted by atomic mass is 16.3. The predicted octanol–water partition coefficient (Wildman–Crippen LogP) is 0.722. The Morgan fingerprint density at radius 3 is 2.60 bits per heavy atom. The number of nitrogens with zero attached hydrogens (tertiary/aromatic N) is 1. The van der Waals surface area contributed by atoms with Crippen LogP contribution in [0.25, 0.3) is 0 Å². The van der Waals surface area contributed by atoms with E-state index < -0.39 is 0 Å². The highest BCUT2D eigenvalue weighted by Crippen LogP contribution is 2.00. The Morgan fingerprint density at radius 1 is 1.33 bits per heavy atom. The Bertz CT molecular complexity index is 298. The van der Waals surface area contributed by atoms with Crippen LogP contribution in [-0.4, -0.2) is 42.5 Å². The van der Waals surface area contributed by atoms with E-state index in [1.165, 1.54) is 0 Å². The highest BCUT2D eigenvalue weighted by molar-refractivity contribution is 5.82. The van der Waals surface area contributed by atoms with E-state index in [1.54, 1.807) is 0 Å². The number of aliphatic hydroxyl groups is 1. The Labute approximate surface area is 90.3 Å². The van der Waals surface area contributed by atoms with Crippen molar-refractivity contribution in [2.45, 2.75) is 6.42 Å². The highest BCUT2D eigenvalue weighted by Gasteiger charge is 2.06. The maximum atomic E-state index is 11.6. The number of hydrogen-bond donors (Lipinski definition) is 1. The van der Waals surface area contributed by atoms with Crippen LogP contribution in [0.1, 0.15) is 5.56 Å². The van der Waals surface area contributed by atoms with E-state index in [0.717, 1.165) is 5.56 Å². The van der Waals surface area contributed by atoms with Crippen molar-refractivity contribution in [3.63, 3.8) is 0 Å². The first-order valence-electron chi connectivity index (χ1n) is 5.07. The zero-order valence-corrected chi connectivity index (χ0v) is 9.02. The molecule has 15 heavy (non-hydrogen) atoms. The average molecular weight is 207 g/mol. The molecule has 0 aliphatic rings. The predicted molar refractivity (Wildman–Crippen MR) is 59.7 cm³/mol. The molecule has 1 aromatic rings. The number of Topliss-reactive ketones (excluding diaryl/α,β-unsaturated/α-hetero) is 1. The zero-order chi connectivity index (χ0) is 11.1. The van der Waals surface area contributed by atoms with Crippen molar-refractivity contribution in [1.82, 2.24) is 4.90 Å². The van der Waals surface area contributed by atoms with Gasteiger partial charge in [0.15, 0.2) is 5.78 Å². The van der Waals surface area contributed by atoms with E-state index in [-0.39, 0.29) is 12.4 Å². The van der Waals surface area contributed by atoms with Crippen LogP contribution in [-0.2, 0) is 11.2 Å². The molecule has 0 heterocycles. The summed E-state index contributed by atoms with van der Waals surface area (Å²) in [5.74, 6) is 0.178. The van der Waals surface area contributed by atoms with Gasteiger partial charge in [-0.25, -0.2) is 0 Å². The van der Waals surface area contributed by atoms with Crippen molar-refractivity contribution in [3.8, 4) is 0 Å². The van der Waals surface area contributed by atoms with Crippen LogP contribution in [0, 0.1) is 0 Å². The van der Waals surface area contributed by atoms with Gasteiger partial charge in [0.1, 0.15) is 0 Å². The lowest BCUT2D eigenvalue weighted by Gasteiger charge is -2.13. The lowest BCUT2D eigenvalue weighted by atomic mass is 10.1. The van der Waals surface area contributed by atoms with Gasteiger partial charge < -0.3 is 5.11 Å². The van der Waals surface area contributed by atoms with E-state index >= 15 is 0 Å². The topological polar surface area (TPSA) is 40.5 Å². The first-order valence-corrected chi connectivity index (χ1v) is 5.07.